The Balaban J connectivity index is 0.000000172. The van der Waals surface area contributed by atoms with E-state index in [2.05, 4.69) is 78.0 Å². The first-order valence-corrected chi connectivity index (χ1v) is 28.2. The highest BCUT2D eigenvalue weighted by Crippen LogP contribution is 2.61. The second kappa shape index (κ2) is 23.0. The second-order valence-corrected chi connectivity index (χ2v) is 22.4. The van der Waals surface area contributed by atoms with Crippen LogP contribution in [0.1, 0.15) is 104 Å². The van der Waals surface area contributed by atoms with Gasteiger partial charge in [-0.3, -0.25) is 19.6 Å². The van der Waals surface area contributed by atoms with Crippen LogP contribution in [0, 0.1) is 50.4 Å². The van der Waals surface area contributed by atoms with Crippen molar-refractivity contribution in [3.8, 4) is 69.6 Å². The Bertz CT molecular complexity index is 3050. The smallest absolute Gasteiger partial charge is 0.231 e. The first kappa shape index (κ1) is 56.9. The fourth-order valence-electron chi connectivity index (χ4n) is 15.4. The quantitative estimate of drug-likeness (QED) is 0.0835. The molecule has 19 heteroatoms. The lowest BCUT2D eigenvalue weighted by Crippen LogP contribution is -2.68. The van der Waals surface area contributed by atoms with Crippen molar-refractivity contribution in [1.82, 2.24) is 19.6 Å². The summed E-state index contributed by atoms with van der Waals surface area (Å²) in [6.45, 7) is 18.9. The number of hydrogen-bond donors (Lipinski definition) is 1. The summed E-state index contributed by atoms with van der Waals surface area (Å²) >= 11 is 0. The number of piperazine rings is 2. The normalized spacial score (nSPS) is 25.9. The van der Waals surface area contributed by atoms with Gasteiger partial charge in [-0.05, 0) is 96.1 Å². The number of methoxy groups -OCH3 is 4. The monoisotopic (exact) mass is 1120 g/mol. The molecule has 4 aromatic rings. The van der Waals surface area contributed by atoms with Crippen LogP contribution >= 0.6 is 0 Å². The lowest BCUT2D eigenvalue weighted by molar-refractivity contribution is -0.0832. The van der Waals surface area contributed by atoms with Crippen LogP contribution in [0.25, 0.3) is 0 Å². The van der Waals surface area contributed by atoms with Crippen molar-refractivity contribution in [2.24, 2.45) is 0 Å². The third-order valence-electron chi connectivity index (χ3n) is 18.4. The molecule has 82 heavy (non-hydrogen) atoms. The molecule has 4 unspecified atom stereocenters. The Morgan fingerprint density at radius 1 is 0.573 bits per heavy atom. The zero-order chi connectivity index (χ0) is 58.0. The highest BCUT2D eigenvalue weighted by Gasteiger charge is 2.59. The molecule has 2 fully saturated rings. The number of fused-ring (bicyclic) bond motifs is 18. The zero-order valence-corrected chi connectivity index (χ0v) is 49.0. The lowest BCUT2D eigenvalue weighted by atomic mass is 9.71. The van der Waals surface area contributed by atoms with E-state index in [4.69, 9.17) is 56.8 Å². The van der Waals surface area contributed by atoms with Crippen LogP contribution < -0.4 is 47.4 Å². The maximum atomic E-state index is 11.0. The van der Waals surface area contributed by atoms with Crippen molar-refractivity contribution in [1.29, 1.82) is 10.5 Å². The molecule has 12 rings (SSSR count). The van der Waals surface area contributed by atoms with E-state index in [1.807, 2.05) is 27.7 Å². The van der Waals surface area contributed by atoms with Crippen LogP contribution in [0.5, 0.6) is 57.5 Å². The van der Waals surface area contributed by atoms with Crippen LogP contribution in [0.2, 0.25) is 0 Å². The van der Waals surface area contributed by atoms with Gasteiger partial charge in [0.15, 0.2) is 59.6 Å². The van der Waals surface area contributed by atoms with Crippen molar-refractivity contribution in [3.63, 3.8) is 0 Å². The van der Waals surface area contributed by atoms with E-state index in [0.717, 1.165) is 103 Å². The number of rotatable bonds is 16. The third-order valence-corrected chi connectivity index (χ3v) is 18.4. The highest BCUT2D eigenvalue weighted by atomic mass is 16.7. The number of ether oxygens (including phenoxy) is 12. The van der Waals surface area contributed by atoms with E-state index >= 15 is 0 Å². The summed E-state index contributed by atoms with van der Waals surface area (Å²) in [5, 5.41) is 32.3. The summed E-state index contributed by atoms with van der Waals surface area (Å²) in [7, 11) is 10.8. The van der Waals surface area contributed by atoms with Crippen molar-refractivity contribution in [3.05, 3.63) is 104 Å². The molecule has 10 atom stereocenters. The van der Waals surface area contributed by atoms with E-state index in [9.17, 15) is 15.6 Å². The molecule has 0 aliphatic carbocycles. The summed E-state index contributed by atoms with van der Waals surface area (Å²) < 4.78 is 71.5. The van der Waals surface area contributed by atoms with E-state index in [1.165, 1.54) is 5.56 Å². The van der Waals surface area contributed by atoms with Gasteiger partial charge in [-0.2, -0.15) is 10.5 Å². The average Bonchev–Trinajstić information content (AvgIpc) is 4.08. The lowest BCUT2D eigenvalue weighted by Gasteiger charge is -2.60. The third kappa shape index (κ3) is 8.68. The molecule has 8 aliphatic rings. The topological polar surface area (TPSA) is 192 Å². The minimum absolute atomic E-state index is 0.0135. The zero-order valence-electron chi connectivity index (χ0n) is 49.0. The Labute approximate surface area is 480 Å². The fraction of sp³-hybridized carbons (Fsp3) is 0.524. The molecule has 0 radical (unpaired) electrons. The van der Waals surface area contributed by atoms with Crippen molar-refractivity contribution in [2.75, 3.05) is 89.5 Å². The fourth-order valence-corrected chi connectivity index (χ4v) is 15.4. The van der Waals surface area contributed by atoms with Crippen LogP contribution in [0.4, 0.5) is 0 Å². The van der Waals surface area contributed by atoms with Gasteiger partial charge in [0.25, 0.3) is 0 Å². The van der Waals surface area contributed by atoms with Crippen LogP contribution in [-0.4, -0.2) is 150 Å². The summed E-state index contributed by atoms with van der Waals surface area (Å²) in [6, 6.07) is 7.87. The molecule has 0 saturated carbocycles. The minimum Gasteiger partial charge on any atom is -0.493 e. The number of aryl methyl sites for hydroxylation is 2. The Hall–Kier alpha value is -6.94. The Kier molecular flexibility index (Phi) is 16.0. The first-order valence-electron chi connectivity index (χ1n) is 28.2. The molecule has 436 valence electrons. The van der Waals surface area contributed by atoms with Crippen LogP contribution in [0.3, 0.4) is 0 Å². The number of likely N-dealkylation sites (N-methyl/N-ethyl adjacent to an activating group) is 2. The largest absolute Gasteiger partial charge is 0.493 e. The van der Waals surface area contributed by atoms with Gasteiger partial charge < -0.3 is 61.9 Å². The van der Waals surface area contributed by atoms with Gasteiger partial charge in [0, 0.05) is 88.9 Å². The minimum atomic E-state index is -0.494. The number of aliphatic hydroxyl groups is 1. The van der Waals surface area contributed by atoms with Crippen LogP contribution in [0.15, 0.2) is 37.4 Å². The molecule has 4 aromatic carbocycles. The molecular weight excluding hydrogens is 1050 g/mol. The summed E-state index contributed by atoms with van der Waals surface area (Å²) in [5.41, 5.74) is 12.2. The summed E-state index contributed by atoms with van der Waals surface area (Å²) in [5.74, 6) is 7.10. The average molecular weight is 1130 g/mol. The van der Waals surface area contributed by atoms with Crippen molar-refractivity contribution < 1.29 is 61.9 Å². The SMILES string of the molecule is C=CCOc1c(C)c2c(c3c1CC1[C@H]4c5c(cc(C)c(OC)c5OCOC)C[C@@H](C(C#N)N1[C@H]3CC)N4C)OCO2.C=CCOc1c(C)c2c(c3c1CC1[C@H]4c5c(cc(C)c(OC)c5OCOC)C[C@@H](C(C#N)N1[C@H]3CO)N4C)OCO2. The second-order valence-electron chi connectivity index (χ2n) is 22.4. The van der Waals surface area contributed by atoms with E-state index in [0.29, 0.717) is 61.2 Å². The van der Waals surface area contributed by atoms with Crippen LogP contribution in [-0.2, 0) is 35.2 Å². The maximum absolute atomic E-state index is 11.0. The summed E-state index contributed by atoms with van der Waals surface area (Å²) in [4.78, 5) is 9.33. The number of benzene rings is 4. The van der Waals surface area contributed by atoms with Gasteiger partial charge in [0.05, 0.1) is 51.1 Å². The predicted octanol–water partition coefficient (Wildman–Crippen LogP) is 8.12. The standard InChI is InChI=1S/C32H39N3O6.C31H37N3O7/c1-8-10-38-29-18(4)30-32(41-16-40-30)26-20(29)13-23-27-25-19(11-17(3)28(37-7)31(25)39-15-36-6)12-22(34(27)5)24(14-33)35(23)21(26)9-2;1-7-8-38-28-17(3)29-31(41-15-40-29)25-19(28)11-21-26-24-18(9-16(2)27(37-6)30(24)39-14-36-5)10-20(33(26)4)22(12-32)34(21)23(25)13-35/h8,11,21-24,27H,1,9-10,12-13,15-16H2,2-7H3;7,9,20-23,26,35H,1,8,10-11,13-15H2,2-6H3/t21-,22-,23?,24?,27-;20-,21?,22?,23-,26-/m00/s1. The highest BCUT2D eigenvalue weighted by molar-refractivity contribution is 5.68. The van der Waals surface area contributed by atoms with Gasteiger partial charge in [0.1, 0.15) is 36.8 Å². The first-order chi connectivity index (χ1) is 39.8. The number of nitriles is 2. The van der Waals surface area contributed by atoms with E-state index in [-0.39, 0.29) is 82.1 Å². The molecular formula is C63H76N6O13. The molecule has 0 aromatic heterocycles. The molecule has 1 N–H and O–H groups in total. The van der Waals surface area contributed by atoms with Gasteiger partial charge in [-0.1, -0.05) is 44.4 Å². The molecule has 2 saturated heterocycles. The number of nitrogens with zero attached hydrogens (tertiary/aromatic N) is 6. The van der Waals surface area contributed by atoms with Gasteiger partial charge >= 0.3 is 0 Å². The summed E-state index contributed by atoms with van der Waals surface area (Å²) in [6.07, 6.45) is 6.92. The van der Waals surface area contributed by atoms with E-state index < -0.39 is 12.1 Å². The molecule has 0 amide bonds. The van der Waals surface area contributed by atoms with Crippen molar-refractivity contribution in [2.45, 2.75) is 127 Å². The Morgan fingerprint density at radius 2 is 0.988 bits per heavy atom. The van der Waals surface area contributed by atoms with Gasteiger partial charge in [0.2, 0.25) is 13.6 Å². The van der Waals surface area contributed by atoms with Gasteiger partial charge in [-0.15, -0.1) is 0 Å². The molecule has 8 heterocycles. The predicted molar refractivity (Wildman–Crippen MR) is 303 cm³/mol. The van der Waals surface area contributed by atoms with Crippen molar-refractivity contribution >= 4 is 0 Å². The molecule has 19 nitrogen and oxygen atoms in total. The van der Waals surface area contributed by atoms with Gasteiger partial charge in [-0.25, -0.2) is 0 Å². The molecule has 4 bridgehead atoms. The van der Waals surface area contributed by atoms with E-state index in [1.54, 1.807) is 40.6 Å². The Morgan fingerprint density at radius 3 is 1.37 bits per heavy atom. The number of aliphatic hydroxyl groups excluding tert-OH is 1. The maximum Gasteiger partial charge on any atom is 0.231 e. The molecule has 8 aliphatic heterocycles. The number of hydrogen-bond acceptors (Lipinski definition) is 19. The molecule has 0 spiro atoms.